The van der Waals surface area contributed by atoms with Crippen molar-refractivity contribution in [1.29, 1.82) is 0 Å². The first-order valence-electron chi connectivity index (χ1n) is 6.23. The van der Waals surface area contributed by atoms with E-state index in [0.29, 0.717) is 0 Å². The largest absolute Gasteiger partial charge is 0.259 e. The Labute approximate surface area is 106 Å². The van der Waals surface area contributed by atoms with Crippen LogP contribution in [0.25, 0.3) is 10.9 Å². The van der Waals surface area contributed by atoms with Gasteiger partial charge in [-0.2, -0.15) is 5.10 Å². The fraction of sp³-hybridized carbons (Fsp3) is 0.200. The van der Waals surface area contributed by atoms with Gasteiger partial charge in [-0.15, -0.1) is 0 Å². The lowest BCUT2D eigenvalue weighted by atomic mass is 10.2. The lowest BCUT2D eigenvalue weighted by Gasteiger charge is -2.02. The topological polar surface area (TPSA) is 30.7 Å². The first kappa shape index (κ1) is 11.0. The molecule has 0 spiro atoms. The summed E-state index contributed by atoms with van der Waals surface area (Å²) < 4.78 is 2.04. The highest BCUT2D eigenvalue weighted by Crippen LogP contribution is 2.19. The highest BCUT2D eigenvalue weighted by atomic mass is 15.3. The molecule has 0 bridgehead atoms. The van der Waals surface area contributed by atoms with Crippen LogP contribution in [0.2, 0.25) is 0 Å². The number of aryl methyl sites for hydroxylation is 1. The molecule has 0 saturated carbocycles. The Morgan fingerprint density at radius 2 is 1.89 bits per heavy atom. The van der Waals surface area contributed by atoms with Crippen molar-refractivity contribution in [2.24, 2.45) is 0 Å². The van der Waals surface area contributed by atoms with Gasteiger partial charge in [0.05, 0.1) is 23.4 Å². The van der Waals surface area contributed by atoms with Gasteiger partial charge in [-0.1, -0.05) is 31.2 Å². The minimum atomic E-state index is 0.724. The van der Waals surface area contributed by atoms with Crippen molar-refractivity contribution in [2.45, 2.75) is 19.9 Å². The molecule has 1 aromatic carbocycles. The number of benzene rings is 1. The second kappa shape index (κ2) is 4.61. The van der Waals surface area contributed by atoms with Gasteiger partial charge in [0.25, 0.3) is 0 Å². The van der Waals surface area contributed by atoms with Crippen LogP contribution in [-0.4, -0.2) is 14.8 Å². The number of hydrogen-bond donors (Lipinski definition) is 0. The molecule has 0 aliphatic rings. The van der Waals surface area contributed by atoms with E-state index in [0.717, 1.165) is 24.4 Å². The van der Waals surface area contributed by atoms with Crippen LogP contribution < -0.4 is 0 Å². The lowest BCUT2D eigenvalue weighted by molar-refractivity contribution is 0.682. The summed E-state index contributed by atoms with van der Waals surface area (Å²) in [7, 11) is 0. The molecular weight excluding hydrogens is 222 g/mol. The van der Waals surface area contributed by atoms with Crippen LogP contribution in [0.4, 0.5) is 0 Å². The highest BCUT2D eigenvalue weighted by Gasteiger charge is 2.08. The third-order valence-electron chi connectivity index (χ3n) is 3.11. The Balaban J connectivity index is 2.07. The third-order valence-corrected chi connectivity index (χ3v) is 3.11. The van der Waals surface area contributed by atoms with Crippen molar-refractivity contribution < 1.29 is 0 Å². The van der Waals surface area contributed by atoms with Gasteiger partial charge in [0.15, 0.2) is 0 Å². The summed E-state index contributed by atoms with van der Waals surface area (Å²) in [6.07, 6.45) is 2.78. The highest BCUT2D eigenvalue weighted by molar-refractivity contribution is 5.81. The summed E-state index contributed by atoms with van der Waals surface area (Å²) in [4.78, 5) is 4.36. The zero-order valence-electron chi connectivity index (χ0n) is 10.4. The number of hydrogen-bond acceptors (Lipinski definition) is 2. The van der Waals surface area contributed by atoms with E-state index in [1.54, 1.807) is 0 Å². The number of rotatable bonds is 3. The first-order chi connectivity index (χ1) is 8.88. The zero-order valence-corrected chi connectivity index (χ0v) is 10.4. The molecule has 0 fully saturated rings. The van der Waals surface area contributed by atoms with Crippen LogP contribution in [0.15, 0.2) is 48.7 Å². The number of para-hydroxylation sites is 1. The van der Waals surface area contributed by atoms with Crippen LogP contribution in [0, 0.1) is 0 Å². The molecular formula is C15H15N3. The maximum absolute atomic E-state index is 4.68. The quantitative estimate of drug-likeness (QED) is 0.701. The van der Waals surface area contributed by atoms with Crippen LogP contribution in [0.3, 0.4) is 0 Å². The van der Waals surface area contributed by atoms with Crippen LogP contribution in [-0.2, 0) is 13.0 Å². The minimum absolute atomic E-state index is 0.724. The summed E-state index contributed by atoms with van der Waals surface area (Å²) in [5, 5.41) is 5.93. The lowest BCUT2D eigenvalue weighted by Crippen LogP contribution is -2.03. The Morgan fingerprint density at radius 1 is 1.06 bits per heavy atom. The van der Waals surface area contributed by atoms with Gasteiger partial charge >= 0.3 is 0 Å². The van der Waals surface area contributed by atoms with Crippen LogP contribution >= 0.6 is 0 Å². The normalized spacial score (nSPS) is 10.9. The second-order valence-electron chi connectivity index (χ2n) is 4.30. The predicted molar refractivity (Wildman–Crippen MR) is 72.5 cm³/mol. The fourth-order valence-electron chi connectivity index (χ4n) is 2.22. The van der Waals surface area contributed by atoms with E-state index in [9.17, 15) is 0 Å². The van der Waals surface area contributed by atoms with E-state index in [1.165, 1.54) is 10.9 Å². The van der Waals surface area contributed by atoms with E-state index in [1.807, 2.05) is 29.1 Å². The zero-order chi connectivity index (χ0) is 12.4. The third kappa shape index (κ3) is 1.88. The van der Waals surface area contributed by atoms with Gasteiger partial charge in [0, 0.05) is 11.6 Å². The van der Waals surface area contributed by atoms with Crippen molar-refractivity contribution in [2.75, 3.05) is 0 Å². The van der Waals surface area contributed by atoms with E-state index < -0.39 is 0 Å². The minimum Gasteiger partial charge on any atom is -0.259 e. The molecule has 3 aromatic rings. The number of pyridine rings is 1. The smallest absolute Gasteiger partial charge is 0.0838 e. The Morgan fingerprint density at radius 3 is 2.67 bits per heavy atom. The van der Waals surface area contributed by atoms with E-state index in [4.69, 9.17) is 0 Å². The van der Waals surface area contributed by atoms with Gasteiger partial charge < -0.3 is 0 Å². The summed E-state index contributed by atoms with van der Waals surface area (Å²) >= 11 is 0. The molecule has 0 unspecified atom stereocenters. The molecule has 90 valence electrons. The molecule has 2 heterocycles. The summed E-state index contributed by atoms with van der Waals surface area (Å²) in [5.41, 5.74) is 3.37. The van der Waals surface area contributed by atoms with Crippen molar-refractivity contribution in [3.8, 4) is 0 Å². The molecule has 0 atom stereocenters. The van der Waals surface area contributed by atoms with Crippen molar-refractivity contribution >= 4 is 10.9 Å². The van der Waals surface area contributed by atoms with Gasteiger partial charge in [-0.05, 0) is 24.6 Å². The molecule has 18 heavy (non-hydrogen) atoms. The van der Waals surface area contributed by atoms with Gasteiger partial charge in [0.1, 0.15) is 0 Å². The average Bonchev–Trinajstić information content (AvgIpc) is 2.78. The van der Waals surface area contributed by atoms with Crippen LogP contribution in [0.5, 0.6) is 0 Å². The van der Waals surface area contributed by atoms with E-state index in [-0.39, 0.29) is 0 Å². The molecule has 0 aliphatic carbocycles. The average molecular weight is 237 g/mol. The van der Waals surface area contributed by atoms with Gasteiger partial charge in [-0.25, -0.2) is 0 Å². The van der Waals surface area contributed by atoms with Crippen LogP contribution in [0.1, 0.15) is 18.3 Å². The van der Waals surface area contributed by atoms with Gasteiger partial charge in [0.2, 0.25) is 0 Å². The summed E-state index contributed by atoms with van der Waals surface area (Å²) in [6.45, 7) is 2.86. The number of aromatic nitrogens is 3. The molecule has 2 aromatic heterocycles. The molecule has 0 N–H and O–H groups in total. The Bertz CT molecular complexity index is 656. The second-order valence-corrected chi connectivity index (χ2v) is 4.30. The van der Waals surface area contributed by atoms with Gasteiger partial charge in [-0.3, -0.25) is 9.67 Å². The molecule has 0 aliphatic heterocycles. The van der Waals surface area contributed by atoms with Crippen molar-refractivity contribution in [3.05, 3.63) is 60.0 Å². The fourth-order valence-corrected chi connectivity index (χ4v) is 2.22. The van der Waals surface area contributed by atoms with E-state index >= 15 is 0 Å². The SMILES string of the molecule is CCc1nn(Cc2ccccn2)c2ccccc12. The molecule has 0 saturated heterocycles. The standard InChI is InChI=1S/C15H15N3/c1-2-14-13-8-3-4-9-15(13)18(17-14)11-12-7-5-6-10-16-12/h3-10H,2,11H2,1H3. The Hall–Kier alpha value is -2.16. The summed E-state index contributed by atoms with van der Waals surface area (Å²) in [6, 6.07) is 14.3. The van der Waals surface area contributed by atoms with Crippen molar-refractivity contribution in [1.82, 2.24) is 14.8 Å². The monoisotopic (exact) mass is 237 g/mol. The number of nitrogens with zero attached hydrogens (tertiary/aromatic N) is 3. The molecule has 0 amide bonds. The van der Waals surface area contributed by atoms with Crippen molar-refractivity contribution in [3.63, 3.8) is 0 Å². The molecule has 3 heteroatoms. The maximum Gasteiger partial charge on any atom is 0.0838 e. The molecule has 3 rings (SSSR count). The predicted octanol–water partition coefficient (Wildman–Crippen LogP) is 3.04. The van der Waals surface area contributed by atoms with E-state index in [2.05, 4.69) is 41.3 Å². The Kier molecular flexibility index (Phi) is 2.81. The first-order valence-corrected chi connectivity index (χ1v) is 6.23. The molecule has 0 radical (unpaired) electrons. The summed E-state index contributed by atoms with van der Waals surface area (Å²) in [5.74, 6) is 0. The maximum atomic E-state index is 4.68. The molecule has 3 nitrogen and oxygen atoms in total. The number of fused-ring (bicyclic) bond motifs is 1.